The molecule has 0 aliphatic carbocycles. The fourth-order valence-corrected chi connectivity index (χ4v) is 1.19. The Morgan fingerprint density at radius 3 is 1.81 bits per heavy atom. The first-order chi connectivity index (χ1) is 7.60. The van der Waals surface area contributed by atoms with E-state index in [1.807, 2.05) is 0 Å². The van der Waals surface area contributed by atoms with E-state index in [0.29, 0.717) is 0 Å². The van der Waals surface area contributed by atoms with E-state index in [0.717, 1.165) is 4.48 Å². The second-order valence-electron chi connectivity index (χ2n) is 3.37. The molecule has 0 fully saturated rings. The van der Waals surface area contributed by atoms with Gasteiger partial charge in [-0.25, -0.2) is 0 Å². The Morgan fingerprint density at radius 2 is 1.50 bits per heavy atom. The molecule has 0 bridgehead atoms. The molecule has 0 aromatic rings. The minimum Gasteiger partial charge on any atom is -0.337 e. The van der Waals surface area contributed by atoms with Gasteiger partial charge in [-0.3, -0.25) is 4.48 Å². The first kappa shape index (κ1) is 16.4. The summed E-state index contributed by atoms with van der Waals surface area (Å²) in [5.74, 6) is 0. The van der Waals surface area contributed by atoms with Gasteiger partial charge in [-0.1, -0.05) is 13.3 Å². The fraction of sp³-hybridized carbons (Fsp3) is 0.455. The summed E-state index contributed by atoms with van der Waals surface area (Å²) in [6.07, 6.45) is 13.8. The van der Waals surface area contributed by atoms with E-state index in [1.165, 1.54) is 31.8 Å². The molecule has 0 saturated heterocycles. The Hall–Kier alpha value is -1.98. The monoisotopic (exact) mass is 222 g/mol. The Labute approximate surface area is 97.5 Å². The van der Waals surface area contributed by atoms with Crippen molar-refractivity contribution in [3.05, 3.63) is 24.6 Å². The third-order valence-electron chi connectivity index (χ3n) is 1.96. The normalized spacial score (nSPS) is 13.5. The van der Waals surface area contributed by atoms with Crippen LogP contribution in [-0.2, 0) is 0 Å². The van der Waals surface area contributed by atoms with Crippen LogP contribution < -0.4 is 11.5 Å². The molecule has 0 amide bonds. The van der Waals surface area contributed by atoms with Gasteiger partial charge in [-0.2, -0.15) is 10.5 Å². The molecule has 88 valence electrons. The van der Waals surface area contributed by atoms with Gasteiger partial charge in [-0.15, -0.1) is 0 Å². The summed E-state index contributed by atoms with van der Waals surface area (Å²) in [6, 6.07) is 0. The van der Waals surface area contributed by atoms with Crippen LogP contribution in [-0.4, -0.2) is 18.1 Å². The highest BCUT2D eigenvalue weighted by molar-refractivity contribution is 5.03. The molecule has 0 aromatic heterocycles. The molecular weight excluding hydrogens is 202 g/mol. The van der Waals surface area contributed by atoms with Crippen molar-refractivity contribution >= 4 is 0 Å². The summed E-state index contributed by atoms with van der Waals surface area (Å²) in [5, 5.41) is 14.2. The molecule has 0 atom stereocenters. The Bertz CT molecular complexity index is 268. The van der Waals surface area contributed by atoms with Gasteiger partial charge in [0.1, 0.15) is 12.4 Å². The van der Waals surface area contributed by atoms with Crippen molar-refractivity contribution in [2.75, 3.05) is 13.6 Å². The molecule has 0 aromatic carbocycles. The topological polar surface area (TPSA) is 99.6 Å². The summed E-state index contributed by atoms with van der Waals surface area (Å²) in [7, 11) is 2.23. The van der Waals surface area contributed by atoms with Gasteiger partial charge in [0.2, 0.25) is 0 Å². The molecule has 0 saturated carbocycles. The largest absolute Gasteiger partial charge is 0.337 e. The molecule has 1 rings (SSSR count). The lowest BCUT2D eigenvalue weighted by molar-refractivity contribution is -0.804. The molecule has 5 nitrogen and oxygen atoms in total. The number of nitriles is 2. The molecule has 4 N–H and O–H groups in total. The first-order valence-corrected chi connectivity index (χ1v) is 5.01. The zero-order chi connectivity index (χ0) is 12.9. The van der Waals surface area contributed by atoms with Gasteiger partial charge in [0, 0.05) is 0 Å². The van der Waals surface area contributed by atoms with Crippen LogP contribution >= 0.6 is 0 Å². The lowest BCUT2D eigenvalue weighted by Gasteiger charge is -2.22. The smallest absolute Gasteiger partial charge is 0.173 e. The predicted octanol–water partition coefficient (Wildman–Crippen LogP) is 1.13. The number of unbranched alkanes of at least 4 members (excludes halogenated alkanes) is 1. The summed E-state index contributed by atoms with van der Waals surface area (Å²) in [4.78, 5) is 0. The molecule has 1 heterocycles. The van der Waals surface area contributed by atoms with Gasteiger partial charge < -0.3 is 11.5 Å². The number of nitrogens with two attached hydrogens (primary N) is 2. The molecule has 1 aliphatic heterocycles. The molecule has 0 spiro atoms. The van der Waals surface area contributed by atoms with Crippen LogP contribution in [0.25, 0.3) is 0 Å². The lowest BCUT2D eigenvalue weighted by Crippen LogP contribution is -2.30. The van der Waals surface area contributed by atoms with Crippen LogP contribution in [0.3, 0.4) is 0 Å². The van der Waals surface area contributed by atoms with Gasteiger partial charge in [0.25, 0.3) is 0 Å². The van der Waals surface area contributed by atoms with Crippen LogP contribution in [0.2, 0.25) is 0 Å². The predicted molar refractivity (Wildman–Crippen MR) is 63.8 cm³/mol. The molecule has 1 aliphatic rings. The highest BCUT2D eigenvalue weighted by Gasteiger charge is 2.15. The van der Waals surface area contributed by atoms with E-state index in [4.69, 9.17) is 10.5 Å². The average Bonchev–Trinajstić information content (AvgIpc) is 2.65. The summed E-state index contributed by atoms with van der Waals surface area (Å²) in [5.41, 5.74) is 8.31. The van der Waals surface area contributed by atoms with Gasteiger partial charge in [-0.05, 0) is 18.6 Å². The molecule has 0 unspecified atom stereocenters. The minimum atomic E-state index is 0.994. The zero-order valence-corrected chi connectivity index (χ0v) is 9.93. The van der Waals surface area contributed by atoms with E-state index in [1.54, 1.807) is 0 Å². The van der Waals surface area contributed by atoms with Crippen molar-refractivity contribution in [2.45, 2.75) is 19.8 Å². The number of nitrogens with zero attached hydrogens (tertiary/aromatic N) is 3. The number of hydrogen-bond acceptors (Lipinski definition) is 4. The SMILES string of the molecule is CCCC[N+]1(C)C=CC=C1.N#CN.N#CN. The molecule has 5 heteroatoms. The highest BCUT2D eigenvalue weighted by Crippen LogP contribution is 2.12. The van der Waals surface area contributed by atoms with Crippen LogP contribution in [0, 0.1) is 22.9 Å². The van der Waals surface area contributed by atoms with E-state index in [2.05, 4.69) is 50.0 Å². The van der Waals surface area contributed by atoms with Gasteiger partial charge >= 0.3 is 0 Å². The fourth-order valence-electron chi connectivity index (χ4n) is 1.19. The quantitative estimate of drug-likeness (QED) is 0.424. The maximum Gasteiger partial charge on any atom is 0.173 e. The summed E-state index contributed by atoms with van der Waals surface area (Å²) in [6.45, 7) is 3.47. The van der Waals surface area contributed by atoms with Crippen molar-refractivity contribution in [1.82, 2.24) is 0 Å². The summed E-state index contributed by atoms with van der Waals surface area (Å²) >= 11 is 0. The summed E-state index contributed by atoms with van der Waals surface area (Å²) < 4.78 is 0.994. The van der Waals surface area contributed by atoms with Gasteiger partial charge in [0.15, 0.2) is 12.4 Å². The lowest BCUT2D eigenvalue weighted by atomic mass is 10.3. The van der Waals surface area contributed by atoms with Crippen molar-refractivity contribution in [1.29, 1.82) is 10.5 Å². The third-order valence-corrected chi connectivity index (χ3v) is 1.96. The van der Waals surface area contributed by atoms with E-state index in [-0.39, 0.29) is 0 Å². The second kappa shape index (κ2) is 11.1. The van der Waals surface area contributed by atoms with Gasteiger partial charge in [0.05, 0.1) is 13.6 Å². The van der Waals surface area contributed by atoms with E-state index in [9.17, 15) is 0 Å². The maximum absolute atomic E-state index is 7.10. The van der Waals surface area contributed by atoms with Crippen molar-refractivity contribution in [3.8, 4) is 12.4 Å². The third kappa shape index (κ3) is 10.1. The standard InChI is InChI=1S/C9H16N.2CH2N2/c1-3-4-7-10(2)8-5-6-9-10;2*2-1-3/h5-6,8-9H,3-4,7H2,1-2H3;2*2H2/q+1;;. The molecule has 16 heavy (non-hydrogen) atoms. The van der Waals surface area contributed by atoms with Crippen molar-refractivity contribution in [2.24, 2.45) is 11.5 Å². The maximum atomic E-state index is 7.10. The second-order valence-corrected chi connectivity index (χ2v) is 3.37. The Kier molecular flexibility index (Phi) is 11.4. The van der Waals surface area contributed by atoms with E-state index >= 15 is 0 Å². The highest BCUT2D eigenvalue weighted by atomic mass is 15.3. The molecular formula is C11H20N5+. The number of rotatable bonds is 3. The average molecular weight is 222 g/mol. The Morgan fingerprint density at radius 1 is 1.12 bits per heavy atom. The van der Waals surface area contributed by atoms with Crippen LogP contribution in [0.15, 0.2) is 24.6 Å². The molecule has 0 radical (unpaired) electrons. The van der Waals surface area contributed by atoms with E-state index < -0.39 is 0 Å². The van der Waals surface area contributed by atoms with Crippen molar-refractivity contribution < 1.29 is 4.48 Å². The number of hydrogen-bond donors (Lipinski definition) is 2. The van der Waals surface area contributed by atoms with Crippen molar-refractivity contribution in [3.63, 3.8) is 0 Å². The first-order valence-electron chi connectivity index (χ1n) is 5.01. The van der Waals surface area contributed by atoms with Crippen LogP contribution in [0.1, 0.15) is 19.8 Å². The Balaban J connectivity index is 0. The van der Waals surface area contributed by atoms with Crippen LogP contribution in [0.5, 0.6) is 0 Å². The zero-order valence-electron chi connectivity index (χ0n) is 9.93. The number of quaternary nitrogens is 1. The number of allylic oxidation sites excluding steroid dienone is 2. The van der Waals surface area contributed by atoms with Crippen LogP contribution in [0.4, 0.5) is 0 Å². The minimum absolute atomic E-state index is 0.994.